The Hall–Kier alpha value is -3.58. The van der Waals surface area contributed by atoms with Crippen molar-refractivity contribution in [2.45, 2.75) is 0 Å². The van der Waals surface area contributed by atoms with Crippen LogP contribution in [0.15, 0.2) is 69.2 Å². The van der Waals surface area contributed by atoms with Crippen LogP contribution >= 0.6 is 11.3 Å². The number of hydrogen-bond donors (Lipinski definition) is 0. The van der Waals surface area contributed by atoms with Gasteiger partial charge in [-0.3, -0.25) is 4.79 Å². The lowest BCUT2D eigenvalue weighted by Gasteiger charge is -2.12. The molecule has 0 unspecified atom stereocenters. The zero-order valence-electron chi connectivity index (χ0n) is 15.6. The van der Waals surface area contributed by atoms with Crippen molar-refractivity contribution >= 4 is 28.3 Å². The number of hydrogen-bond acceptors (Lipinski definition) is 7. The van der Waals surface area contributed by atoms with Crippen LogP contribution in [0.25, 0.3) is 22.3 Å². The van der Waals surface area contributed by atoms with Crippen molar-refractivity contribution in [3.8, 4) is 28.6 Å². The van der Waals surface area contributed by atoms with E-state index in [1.807, 2.05) is 0 Å². The Morgan fingerprint density at radius 1 is 0.966 bits per heavy atom. The van der Waals surface area contributed by atoms with Crippen LogP contribution in [-0.2, 0) is 0 Å². The molecule has 29 heavy (non-hydrogen) atoms. The molecule has 0 saturated carbocycles. The van der Waals surface area contributed by atoms with Crippen LogP contribution in [0, 0.1) is 0 Å². The van der Waals surface area contributed by atoms with Crippen molar-refractivity contribution in [3.63, 3.8) is 0 Å². The molecular formula is C22H16O6S. The largest absolute Gasteiger partial charge is 0.493 e. The van der Waals surface area contributed by atoms with Crippen molar-refractivity contribution in [2.24, 2.45) is 0 Å². The minimum atomic E-state index is -0.621. The van der Waals surface area contributed by atoms with E-state index in [2.05, 4.69) is 0 Å². The zero-order valence-corrected chi connectivity index (χ0v) is 16.4. The van der Waals surface area contributed by atoms with Crippen LogP contribution in [-0.4, -0.2) is 20.2 Å². The molecule has 7 heteroatoms. The molecule has 0 radical (unpaired) electrons. The fourth-order valence-corrected chi connectivity index (χ4v) is 3.52. The number of rotatable bonds is 5. The monoisotopic (exact) mass is 408 g/mol. The number of esters is 1. The van der Waals surface area contributed by atoms with Gasteiger partial charge >= 0.3 is 5.97 Å². The third-order valence-corrected chi connectivity index (χ3v) is 5.17. The second kappa shape index (κ2) is 7.81. The summed E-state index contributed by atoms with van der Waals surface area (Å²) < 4.78 is 22.1. The lowest BCUT2D eigenvalue weighted by molar-refractivity contribution is 0.0736. The standard InChI is InChI=1S/C22H16O6S/c1-25-16-10-9-13(12-17(16)26-2)20-21(28-22(24)18-8-5-11-29-18)19(23)14-6-3-4-7-15(14)27-20/h3-12H,1-2H3. The lowest BCUT2D eigenvalue weighted by atomic mass is 10.1. The molecule has 0 aliphatic heterocycles. The Balaban J connectivity index is 1.92. The van der Waals surface area contributed by atoms with Gasteiger partial charge in [0.15, 0.2) is 17.3 Å². The molecule has 4 aromatic rings. The van der Waals surface area contributed by atoms with Gasteiger partial charge in [0.05, 0.1) is 19.6 Å². The summed E-state index contributed by atoms with van der Waals surface area (Å²) in [5.41, 5.74) is 0.472. The first-order chi connectivity index (χ1) is 14.1. The molecule has 0 saturated heterocycles. The summed E-state index contributed by atoms with van der Waals surface area (Å²) in [4.78, 5) is 26.0. The molecule has 2 aromatic heterocycles. The summed E-state index contributed by atoms with van der Waals surface area (Å²) >= 11 is 1.23. The van der Waals surface area contributed by atoms with Crippen molar-refractivity contribution in [1.29, 1.82) is 0 Å². The summed E-state index contributed by atoms with van der Waals surface area (Å²) in [7, 11) is 3.04. The van der Waals surface area contributed by atoms with Crippen LogP contribution in [0.1, 0.15) is 9.67 Å². The van der Waals surface area contributed by atoms with Gasteiger partial charge in [0.25, 0.3) is 0 Å². The lowest BCUT2D eigenvalue weighted by Crippen LogP contribution is -2.15. The Labute approximate surface area is 169 Å². The van der Waals surface area contributed by atoms with E-state index in [4.69, 9.17) is 18.6 Å². The van der Waals surface area contributed by atoms with Crippen LogP contribution in [0.3, 0.4) is 0 Å². The number of carbonyl (C=O) groups excluding carboxylic acids is 1. The highest BCUT2D eigenvalue weighted by Crippen LogP contribution is 2.37. The number of fused-ring (bicyclic) bond motifs is 1. The number of thiophene rings is 1. The quantitative estimate of drug-likeness (QED) is 0.443. The predicted molar refractivity (Wildman–Crippen MR) is 110 cm³/mol. The van der Waals surface area contributed by atoms with Gasteiger partial charge in [-0.2, -0.15) is 0 Å². The Morgan fingerprint density at radius 2 is 1.76 bits per heavy atom. The van der Waals surface area contributed by atoms with E-state index in [1.54, 1.807) is 60.0 Å². The van der Waals surface area contributed by atoms with Gasteiger partial charge in [0, 0.05) is 5.56 Å². The van der Waals surface area contributed by atoms with Gasteiger partial charge in [0.1, 0.15) is 10.5 Å². The van der Waals surface area contributed by atoms with E-state index in [0.29, 0.717) is 32.9 Å². The fourth-order valence-electron chi connectivity index (χ4n) is 2.92. The average molecular weight is 408 g/mol. The average Bonchev–Trinajstić information content (AvgIpc) is 3.30. The van der Waals surface area contributed by atoms with Gasteiger partial charge < -0.3 is 18.6 Å². The third-order valence-electron chi connectivity index (χ3n) is 4.32. The second-order valence-electron chi connectivity index (χ2n) is 6.02. The molecular weight excluding hydrogens is 392 g/mol. The maximum atomic E-state index is 13.1. The van der Waals surface area contributed by atoms with E-state index in [0.717, 1.165) is 0 Å². The van der Waals surface area contributed by atoms with Gasteiger partial charge in [-0.15, -0.1) is 11.3 Å². The molecule has 0 aliphatic rings. The number of para-hydroxylation sites is 1. The maximum Gasteiger partial charge on any atom is 0.353 e. The molecule has 0 N–H and O–H groups in total. The molecule has 0 bridgehead atoms. The molecule has 0 aliphatic carbocycles. The first-order valence-corrected chi connectivity index (χ1v) is 9.54. The Kier molecular flexibility index (Phi) is 5.05. The van der Waals surface area contributed by atoms with Gasteiger partial charge in [-0.1, -0.05) is 18.2 Å². The first-order valence-electron chi connectivity index (χ1n) is 8.66. The predicted octanol–water partition coefficient (Wildman–Crippen LogP) is 4.76. The smallest absolute Gasteiger partial charge is 0.353 e. The van der Waals surface area contributed by atoms with Crippen molar-refractivity contribution in [2.75, 3.05) is 14.2 Å². The maximum absolute atomic E-state index is 13.1. The Morgan fingerprint density at radius 3 is 2.48 bits per heavy atom. The van der Waals surface area contributed by atoms with E-state index in [9.17, 15) is 9.59 Å². The molecule has 0 spiro atoms. The van der Waals surface area contributed by atoms with E-state index in [1.165, 1.54) is 25.6 Å². The van der Waals surface area contributed by atoms with Crippen molar-refractivity contribution < 1.29 is 23.4 Å². The van der Waals surface area contributed by atoms with Gasteiger partial charge in [-0.05, 0) is 41.8 Å². The normalized spacial score (nSPS) is 10.7. The van der Waals surface area contributed by atoms with E-state index < -0.39 is 11.4 Å². The third kappa shape index (κ3) is 3.48. The highest BCUT2D eigenvalue weighted by molar-refractivity contribution is 7.12. The first kappa shape index (κ1) is 18.8. The zero-order chi connectivity index (χ0) is 20.4. The van der Waals surface area contributed by atoms with Crippen LogP contribution in [0.4, 0.5) is 0 Å². The topological polar surface area (TPSA) is 75.0 Å². The van der Waals surface area contributed by atoms with Crippen LogP contribution in [0.5, 0.6) is 17.2 Å². The number of methoxy groups -OCH3 is 2. The van der Waals surface area contributed by atoms with E-state index in [-0.39, 0.29) is 11.5 Å². The van der Waals surface area contributed by atoms with Crippen LogP contribution in [0.2, 0.25) is 0 Å². The van der Waals surface area contributed by atoms with E-state index >= 15 is 0 Å². The molecule has 4 rings (SSSR count). The van der Waals surface area contributed by atoms with Crippen molar-refractivity contribution in [1.82, 2.24) is 0 Å². The molecule has 6 nitrogen and oxygen atoms in total. The van der Waals surface area contributed by atoms with Gasteiger partial charge in [0.2, 0.25) is 11.2 Å². The number of carbonyl (C=O) groups is 1. The summed E-state index contributed by atoms with van der Waals surface area (Å²) in [6, 6.07) is 15.2. The highest BCUT2D eigenvalue weighted by Gasteiger charge is 2.22. The van der Waals surface area contributed by atoms with Crippen molar-refractivity contribution in [3.05, 3.63) is 75.1 Å². The second-order valence-corrected chi connectivity index (χ2v) is 6.97. The minimum Gasteiger partial charge on any atom is -0.493 e. The number of ether oxygens (including phenoxy) is 3. The minimum absolute atomic E-state index is 0.138. The molecule has 0 fully saturated rings. The highest BCUT2D eigenvalue weighted by atomic mass is 32.1. The molecule has 0 amide bonds. The summed E-state index contributed by atoms with van der Waals surface area (Å²) in [5.74, 6) is 0.325. The molecule has 2 heterocycles. The molecule has 2 aromatic carbocycles. The molecule has 0 atom stereocenters. The summed E-state index contributed by atoms with van der Waals surface area (Å²) in [5, 5.41) is 2.08. The van der Waals surface area contributed by atoms with Crippen LogP contribution < -0.4 is 19.6 Å². The number of benzene rings is 2. The SMILES string of the molecule is COc1ccc(-c2oc3ccccc3c(=O)c2OC(=O)c2cccs2)cc1OC. The summed E-state index contributed by atoms with van der Waals surface area (Å²) in [6.07, 6.45) is 0. The van der Waals surface area contributed by atoms with Gasteiger partial charge in [-0.25, -0.2) is 4.79 Å². The fraction of sp³-hybridized carbons (Fsp3) is 0.0909. The molecule has 146 valence electrons. The Bertz CT molecular complexity index is 1240. The summed E-state index contributed by atoms with van der Waals surface area (Å²) in [6.45, 7) is 0.